The van der Waals surface area contributed by atoms with E-state index in [9.17, 15) is 9.59 Å². The van der Waals surface area contributed by atoms with Crippen LogP contribution in [-0.4, -0.2) is 30.4 Å². The van der Waals surface area contributed by atoms with Crippen LogP contribution in [0.3, 0.4) is 0 Å². The molecule has 136 valence electrons. The first kappa shape index (κ1) is 18.0. The minimum Gasteiger partial charge on any atom is -0.497 e. The molecule has 0 aliphatic carbocycles. The van der Waals surface area contributed by atoms with Crippen molar-refractivity contribution in [1.82, 2.24) is 10.2 Å². The van der Waals surface area contributed by atoms with Gasteiger partial charge in [-0.3, -0.25) is 9.59 Å². The molecule has 0 bridgehead atoms. The molecule has 5 nitrogen and oxygen atoms in total. The number of nitrogens with zero attached hydrogens (tertiary/aromatic N) is 1. The maximum absolute atomic E-state index is 12.5. The third-order valence-electron chi connectivity index (χ3n) is 4.72. The molecule has 1 unspecified atom stereocenters. The Balaban J connectivity index is 1.59. The topological polar surface area (TPSA) is 58.6 Å². The standard InChI is InChI=1S/C21H24N2O3/c1-15(17-9-11-19(26-2)12-10-17)22-21(25)18-7-5-16(6-8-18)14-23-13-3-4-20(23)24/h5-12,15H,3-4,13-14H2,1-2H3,(H,22,25). The molecule has 1 aliphatic rings. The number of carbonyl (C=O) groups is 2. The normalized spacial score (nSPS) is 15.0. The maximum atomic E-state index is 12.5. The molecule has 2 aromatic carbocycles. The summed E-state index contributed by atoms with van der Waals surface area (Å²) in [5, 5.41) is 3.01. The fraction of sp³-hybridized carbons (Fsp3) is 0.333. The SMILES string of the molecule is COc1ccc(C(C)NC(=O)c2ccc(CN3CCCC3=O)cc2)cc1. The molecule has 26 heavy (non-hydrogen) atoms. The van der Waals surface area contributed by atoms with Crippen molar-refractivity contribution >= 4 is 11.8 Å². The second-order valence-corrected chi connectivity index (χ2v) is 6.58. The zero-order chi connectivity index (χ0) is 18.5. The molecule has 2 aromatic rings. The van der Waals surface area contributed by atoms with E-state index < -0.39 is 0 Å². The number of nitrogens with one attached hydrogen (secondary N) is 1. The number of hydrogen-bond acceptors (Lipinski definition) is 3. The molecule has 1 saturated heterocycles. The van der Waals surface area contributed by atoms with E-state index in [1.165, 1.54) is 0 Å². The zero-order valence-electron chi connectivity index (χ0n) is 15.2. The Morgan fingerprint density at radius 1 is 1.15 bits per heavy atom. The van der Waals surface area contributed by atoms with Gasteiger partial charge >= 0.3 is 0 Å². The predicted molar refractivity (Wildman–Crippen MR) is 100.0 cm³/mol. The van der Waals surface area contributed by atoms with Crippen LogP contribution in [0.5, 0.6) is 5.75 Å². The van der Waals surface area contributed by atoms with Crippen LogP contribution < -0.4 is 10.1 Å². The van der Waals surface area contributed by atoms with Gasteiger partial charge in [0.1, 0.15) is 5.75 Å². The second-order valence-electron chi connectivity index (χ2n) is 6.58. The molecular formula is C21H24N2O3. The summed E-state index contributed by atoms with van der Waals surface area (Å²) in [5.74, 6) is 0.886. The van der Waals surface area contributed by atoms with Crippen molar-refractivity contribution in [2.24, 2.45) is 0 Å². The molecule has 1 aliphatic heterocycles. The van der Waals surface area contributed by atoms with Gasteiger partial charge in [0.2, 0.25) is 5.91 Å². The lowest BCUT2D eigenvalue weighted by Crippen LogP contribution is -2.27. The lowest BCUT2D eigenvalue weighted by Gasteiger charge is -2.17. The number of benzene rings is 2. The van der Waals surface area contributed by atoms with E-state index in [0.29, 0.717) is 18.5 Å². The quantitative estimate of drug-likeness (QED) is 0.868. The van der Waals surface area contributed by atoms with Crippen molar-refractivity contribution in [3.05, 3.63) is 65.2 Å². The first-order valence-electron chi connectivity index (χ1n) is 8.88. The summed E-state index contributed by atoms with van der Waals surface area (Å²) in [7, 11) is 1.63. The van der Waals surface area contributed by atoms with E-state index in [1.807, 2.05) is 60.4 Å². The molecule has 1 atom stereocenters. The number of carbonyl (C=O) groups excluding carboxylic acids is 2. The van der Waals surface area contributed by atoms with Crippen molar-refractivity contribution in [2.45, 2.75) is 32.4 Å². The van der Waals surface area contributed by atoms with Gasteiger partial charge in [0.25, 0.3) is 5.91 Å². The van der Waals surface area contributed by atoms with Crippen LogP contribution in [0.1, 0.15) is 47.3 Å². The van der Waals surface area contributed by atoms with Crippen LogP contribution in [0.25, 0.3) is 0 Å². The highest BCUT2D eigenvalue weighted by Gasteiger charge is 2.20. The Hall–Kier alpha value is -2.82. The van der Waals surface area contributed by atoms with Crippen molar-refractivity contribution in [3.8, 4) is 5.75 Å². The molecular weight excluding hydrogens is 328 g/mol. The number of rotatable bonds is 6. The Bertz CT molecular complexity index is 769. The highest BCUT2D eigenvalue weighted by molar-refractivity contribution is 5.94. The summed E-state index contributed by atoms with van der Waals surface area (Å²) in [6.07, 6.45) is 1.58. The Labute approximate surface area is 154 Å². The van der Waals surface area contributed by atoms with Crippen LogP contribution in [-0.2, 0) is 11.3 Å². The third-order valence-corrected chi connectivity index (χ3v) is 4.72. The van der Waals surface area contributed by atoms with Crippen LogP contribution in [0.2, 0.25) is 0 Å². The summed E-state index contributed by atoms with van der Waals surface area (Å²) in [6, 6.07) is 15.0. The molecule has 3 rings (SSSR count). The van der Waals surface area contributed by atoms with E-state index in [4.69, 9.17) is 4.74 Å². The first-order valence-corrected chi connectivity index (χ1v) is 8.88. The van der Waals surface area contributed by atoms with E-state index in [-0.39, 0.29) is 17.9 Å². The summed E-state index contributed by atoms with van der Waals surface area (Å²) < 4.78 is 5.15. The van der Waals surface area contributed by atoms with E-state index in [2.05, 4.69) is 5.32 Å². The minimum atomic E-state index is -0.114. The van der Waals surface area contributed by atoms with Crippen molar-refractivity contribution in [3.63, 3.8) is 0 Å². The Morgan fingerprint density at radius 3 is 2.42 bits per heavy atom. The molecule has 1 N–H and O–H groups in total. The van der Waals surface area contributed by atoms with Crippen molar-refractivity contribution in [1.29, 1.82) is 0 Å². The highest BCUT2D eigenvalue weighted by Crippen LogP contribution is 2.18. The zero-order valence-corrected chi connectivity index (χ0v) is 15.2. The first-order chi connectivity index (χ1) is 12.6. The average molecular weight is 352 g/mol. The van der Waals surface area contributed by atoms with Crippen LogP contribution in [0.15, 0.2) is 48.5 Å². The summed E-state index contributed by atoms with van der Waals surface area (Å²) >= 11 is 0. The molecule has 5 heteroatoms. The second kappa shape index (κ2) is 8.04. The monoisotopic (exact) mass is 352 g/mol. The number of methoxy groups -OCH3 is 1. The molecule has 0 radical (unpaired) electrons. The molecule has 0 saturated carbocycles. The third kappa shape index (κ3) is 4.23. The van der Waals surface area contributed by atoms with Gasteiger partial charge in [0, 0.05) is 25.1 Å². The van der Waals surface area contributed by atoms with E-state index in [0.717, 1.165) is 29.8 Å². The van der Waals surface area contributed by atoms with Crippen LogP contribution in [0.4, 0.5) is 0 Å². The Morgan fingerprint density at radius 2 is 1.85 bits per heavy atom. The number of amides is 2. The summed E-state index contributed by atoms with van der Waals surface area (Å²) in [5.41, 5.74) is 2.67. The Kier molecular flexibility index (Phi) is 5.56. The van der Waals surface area contributed by atoms with Crippen molar-refractivity contribution < 1.29 is 14.3 Å². The van der Waals surface area contributed by atoms with Gasteiger partial charge in [0.15, 0.2) is 0 Å². The van der Waals surface area contributed by atoms with E-state index in [1.54, 1.807) is 7.11 Å². The molecule has 0 spiro atoms. The fourth-order valence-corrected chi connectivity index (χ4v) is 3.11. The minimum absolute atomic E-state index is 0.102. The molecule has 1 fully saturated rings. The highest BCUT2D eigenvalue weighted by atomic mass is 16.5. The summed E-state index contributed by atoms with van der Waals surface area (Å²) in [4.78, 5) is 26.0. The van der Waals surface area contributed by atoms with Gasteiger partial charge in [-0.05, 0) is 48.7 Å². The van der Waals surface area contributed by atoms with Crippen molar-refractivity contribution in [2.75, 3.05) is 13.7 Å². The van der Waals surface area contributed by atoms with Gasteiger partial charge in [-0.15, -0.1) is 0 Å². The smallest absolute Gasteiger partial charge is 0.251 e. The molecule has 1 heterocycles. The lowest BCUT2D eigenvalue weighted by molar-refractivity contribution is -0.128. The van der Waals surface area contributed by atoms with Gasteiger partial charge in [0.05, 0.1) is 13.2 Å². The number of ether oxygens (including phenoxy) is 1. The lowest BCUT2D eigenvalue weighted by atomic mass is 10.1. The van der Waals surface area contributed by atoms with E-state index >= 15 is 0 Å². The molecule has 2 amide bonds. The summed E-state index contributed by atoms with van der Waals surface area (Å²) in [6.45, 7) is 3.39. The largest absolute Gasteiger partial charge is 0.497 e. The maximum Gasteiger partial charge on any atom is 0.251 e. The fourth-order valence-electron chi connectivity index (χ4n) is 3.11. The van der Waals surface area contributed by atoms with Crippen LogP contribution >= 0.6 is 0 Å². The van der Waals surface area contributed by atoms with Gasteiger partial charge < -0.3 is 15.0 Å². The van der Waals surface area contributed by atoms with Gasteiger partial charge in [-0.2, -0.15) is 0 Å². The predicted octanol–water partition coefficient (Wildman–Crippen LogP) is 3.31. The van der Waals surface area contributed by atoms with Gasteiger partial charge in [-0.1, -0.05) is 24.3 Å². The van der Waals surface area contributed by atoms with Crippen LogP contribution in [0, 0.1) is 0 Å². The number of likely N-dealkylation sites (tertiary alicyclic amines) is 1. The average Bonchev–Trinajstić information content (AvgIpc) is 3.07. The van der Waals surface area contributed by atoms with Gasteiger partial charge in [-0.25, -0.2) is 0 Å². The number of hydrogen-bond donors (Lipinski definition) is 1. The molecule has 0 aromatic heterocycles.